The highest BCUT2D eigenvalue weighted by atomic mass is 79.9. The molecule has 1 saturated heterocycles. The Morgan fingerprint density at radius 3 is 2.68 bits per heavy atom. The second-order valence-electron chi connectivity index (χ2n) is 5.20. The predicted octanol–water partition coefficient (Wildman–Crippen LogP) is 2.50. The number of amides is 1. The van der Waals surface area contributed by atoms with Crippen LogP contribution in [-0.4, -0.2) is 39.7 Å². The number of carbonyl (C=O) groups is 1. The van der Waals surface area contributed by atoms with Crippen molar-refractivity contribution in [2.24, 2.45) is 5.92 Å². The van der Waals surface area contributed by atoms with Crippen LogP contribution in [0.4, 0.5) is 0 Å². The fraction of sp³-hybridized carbons (Fsp3) is 0.643. The number of hydrogen-bond acceptors (Lipinski definition) is 2. The van der Waals surface area contributed by atoms with Gasteiger partial charge in [-0.2, -0.15) is 0 Å². The summed E-state index contributed by atoms with van der Waals surface area (Å²) in [6.45, 7) is 6.13. The van der Waals surface area contributed by atoms with Crippen molar-refractivity contribution in [1.29, 1.82) is 0 Å². The van der Waals surface area contributed by atoms with Crippen molar-refractivity contribution in [3.63, 3.8) is 0 Å². The largest absolute Gasteiger partial charge is 0.393 e. The van der Waals surface area contributed by atoms with Crippen molar-refractivity contribution >= 4 is 21.8 Å². The van der Waals surface area contributed by atoms with Gasteiger partial charge in [0.1, 0.15) is 5.69 Å². The number of aliphatic hydroxyl groups is 1. The van der Waals surface area contributed by atoms with E-state index in [4.69, 9.17) is 0 Å². The second kappa shape index (κ2) is 6.09. The normalized spacial score (nSPS) is 18.6. The molecule has 1 amide bonds. The molecule has 0 aliphatic carbocycles. The lowest BCUT2D eigenvalue weighted by Gasteiger charge is -2.33. The lowest BCUT2D eigenvalue weighted by molar-refractivity contribution is 0.0513. The number of aromatic nitrogens is 1. The average molecular weight is 329 g/mol. The third kappa shape index (κ3) is 3.20. The summed E-state index contributed by atoms with van der Waals surface area (Å²) < 4.78 is 2.91. The average Bonchev–Trinajstić information content (AvgIpc) is 2.79. The summed E-state index contributed by atoms with van der Waals surface area (Å²) in [5, 5.41) is 9.59. The van der Waals surface area contributed by atoms with Crippen LogP contribution >= 0.6 is 15.9 Å². The zero-order valence-corrected chi connectivity index (χ0v) is 13.1. The molecule has 4 nitrogen and oxygen atoms in total. The minimum Gasteiger partial charge on any atom is -0.393 e. The van der Waals surface area contributed by atoms with E-state index in [-0.39, 0.29) is 12.0 Å². The van der Waals surface area contributed by atoms with Crippen LogP contribution in [0.25, 0.3) is 0 Å². The van der Waals surface area contributed by atoms with Gasteiger partial charge in [-0.05, 0) is 54.6 Å². The van der Waals surface area contributed by atoms with E-state index in [0.717, 1.165) is 42.6 Å². The Labute approximate surface area is 122 Å². The summed E-state index contributed by atoms with van der Waals surface area (Å²) in [6, 6.07) is 1.88. The fourth-order valence-electron chi connectivity index (χ4n) is 2.66. The number of piperidine rings is 1. The van der Waals surface area contributed by atoms with Gasteiger partial charge in [-0.3, -0.25) is 4.79 Å². The molecule has 2 heterocycles. The Morgan fingerprint density at radius 1 is 1.53 bits per heavy atom. The summed E-state index contributed by atoms with van der Waals surface area (Å²) in [6.07, 6.45) is 3.44. The smallest absolute Gasteiger partial charge is 0.270 e. The monoisotopic (exact) mass is 328 g/mol. The molecule has 1 aromatic rings. The van der Waals surface area contributed by atoms with E-state index in [1.165, 1.54) is 0 Å². The molecule has 1 aliphatic rings. The molecule has 0 bridgehead atoms. The molecule has 1 atom stereocenters. The summed E-state index contributed by atoms with van der Waals surface area (Å²) in [4.78, 5) is 14.4. The Kier molecular flexibility index (Phi) is 4.68. The van der Waals surface area contributed by atoms with E-state index < -0.39 is 0 Å². The van der Waals surface area contributed by atoms with Crippen molar-refractivity contribution in [3.05, 3.63) is 22.4 Å². The molecule has 0 radical (unpaired) electrons. The second-order valence-corrected chi connectivity index (χ2v) is 6.12. The summed E-state index contributed by atoms with van der Waals surface area (Å²) >= 11 is 3.42. The highest BCUT2D eigenvalue weighted by Gasteiger charge is 2.27. The highest BCUT2D eigenvalue weighted by molar-refractivity contribution is 9.10. The number of rotatable bonds is 3. The van der Waals surface area contributed by atoms with Crippen molar-refractivity contribution in [1.82, 2.24) is 9.47 Å². The molecule has 5 heteroatoms. The molecule has 2 rings (SSSR count). The number of aliphatic hydroxyl groups excluding tert-OH is 1. The van der Waals surface area contributed by atoms with Gasteiger partial charge < -0.3 is 14.6 Å². The third-order valence-electron chi connectivity index (χ3n) is 3.93. The number of hydrogen-bond donors (Lipinski definition) is 1. The number of nitrogens with zero attached hydrogens (tertiary/aromatic N) is 2. The maximum Gasteiger partial charge on any atom is 0.270 e. The van der Waals surface area contributed by atoms with Gasteiger partial charge in [-0.25, -0.2) is 0 Å². The Bertz CT molecular complexity index is 448. The van der Waals surface area contributed by atoms with Gasteiger partial charge in [0.15, 0.2) is 0 Å². The lowest BCUT2D eigenvalue weighted by atomic mass is 9.92. The molecular formula is C14H21BrN2O2. The minimum atomic E-state index is -0.272. The summed E-state index contributed by atoms with van der Waals surface area (Å²) in [5.74, 6) is 0.422. The Hall–Kier alpha value is -0.810. The maximum absolute atomic E-state index is 12.5. The predicted molar refractivity (Wildman–Crippen MR) is 78.1 cm³/mol. The Balaban J connectivity index is 2.05. The van der Waals surface area contributed by atoms with Crippen LogP contribution in [0.5, 0.6) is 0 Å². The van der Waals surface area contributed by atoms with E-state index in [2.05, 4.69) is 15.9 Å². The molecule has 0 spiro atoms. The van der Waals surface area contributed by atoms with E-state index in [0.29, 0.717) is 5.92 Å². The first-order chi connectivity index (χ1) is 9.02. The van der Waals surface area contributed by atoms with Crippen LogP contribution in [-0.2, 0) is 6.54 Å². The quantitative estimate of drug-likeness (QED) is 0.926. The van der Waals surface area contributed by atoms with Crippen LogP contribution in [0.15, 0.2) is 16.7 Å². The third-order valence-corrected chi connectivity index (χ3v) is 4.37. The molecule has 0 saturated carbocycles. The molecule has 106 valence electrons. The first kappa shape index (κ1) is 14.6. The van der Waals surface area contributed by atoms with Crippen LogP contribution in [0.1, 0.15) is 37.2 Å². The van der Waals surface area contributed by atoms with Gasteiger partial charge in [0.2, 0.25) is 0 Å². The maximum atomic E-state index is 12.5. The standard InChI is InChI=1S/C14H21BrN2O2/c1-3-16-9-12(15)8-13(16)14(19)17-6-4-11(5-7-17)10(2)18/h8-11,18H,3-7H2,1-2H3. The minimum absolute atomic E-state index is 0.0941. The molecule has 0 aromatic carbocycles. The number of aryl methyl sites for hydroxylation is 1. The highest BCUT2D eigenvalue weighted by Crippen LogP contribution is 2.23. The lowest BCUT2D eigenvalue weighted by Crippen LogP contribution is -2.41. The van der Waals surface area contributed by atoms with E-state index in [9.17, 15) is 9.90 Å². The van der Waals surface area contributed by atoms with E-state index >= 15 is 0 Å². The Morgan fingerprint density at radius 2 is 2.16 bits per heavy atom. The molecular weight excluding hydrogens is 308 g/mol. The first-order valence-corrected chi connectivity index (χ1v) is 7.65. The number of halogens is 1. The van der Waals surface area contributed by atoms with Gasteiger partial charge in [-0.15, -0.1) is 0 Å². The van der Waals surface area contributed by atoms with Crippen LogP contribution in [0.2, 0.25) is 0 Å². The van der Waals surface area contributed by atoms with Crippen LogP contribution in [0, 0.1) is 5.92 Å². The SMILES string of the molecule is CCn1cc(Br)cc1C(=O)N1CCC(C(C)O)CC1. The molecule has 1 aromatic heterocycles. The first-order valence-electron chi connectivity index (χ1n) is 6.86. The zero-order chi connectivity index (χ0) is 14.0. The topological polar surface area (TPSA) is 45.5 Å². The van der Waals surface area contributed by atoms with Gasteiger partial charge in [0.05, 0.1) is 6.10 Å². The molecule has 1 N–H and O–H groups in total. The van der Waals surface area contributed by atoms with Crippen LogP contribution in [0.3, 0.4) is 0 Å². The van der Waals surface area contributed by atoms with Crippen molar-refractivity contribution < 1.29 is 9.90 Å². The number of likely N-dealkylation sites (tertiary alicyclic amines) is 1. The van der Waals surface area contributed by atoms with Gasteiger partial charge >= 0.3 is 0 Å². The molecule has 1 aliphatic heterocycles. The number of carbonyl (C=O) groups excluding carboxylic acids is 1. The van der Waals surface area contributed by atoms with Crippen molar-refractivity contribution in [2.75, 3.05) is 13.1 Å². The molecule has 1 unspecified atom stereocenters. The molecule has 1 fully saturated rings. The zero-order valence-electron chi connectivity index (χ0n) is 11.5. The van der Waals surface area contributed by atoms with Gasteiger partial charge in [0, 0.05) is 30.3 Å². The fourth-order valence-corrected chi connectivity index (χ4v) is 3.13. The van der Waals surface area contributed by atoms with Crippen molar-refractivity contribution in [3.8, 4) is 0 Å². The van der Waals surface area contributed by atoms with E-state index in [1.807, 2.05) is 35.6 Å². The van der Waals surface area contributed by atoms with Crippen molar-refractivity contribution in [2.45, 2.75) is 39.3 Å². The van der Waals surface area contributed by atoms with Crippen LogP contribution < -0.4 is 0 Å². The van der Waals surface area contributed by atoms with Gasteiger partial charge in [0.25, 0.3) is 5.91 Å². The molecule has 19 heavy (non-hydrogen) atoms. The van der Waals surface area contributed by atoms with E-state index in [1.54, 1.807) is 0 Å². The summed E-state index contributed by atoms with van der Waals surface area (Å²) in [7, 11) is 0. The van der Waals surface area contributed by atoms with Gasteiger partial charge in [-0.1, -0.05) is 0 Å². The summed E-state index contributed by atoms with van der Waals surface area (Å²) in [5.41, 5.74) is 0.741.